The van der Waals surface area contributed by atoms with Crippen molar-refractivity contribution in [1.82, 2.24) is 20.0 Å². The monoisotopic (exact) mass is 375 g/mol. The molecule has 6 heteroatoms. The van der Waals surface area contributed by atoms with E-state index in [4.69, 9.17) is 4.99 Å². The van der Waals surface area contributed by atoms with E-state index in [2.05, 4.69) is 48.5 Å². The highest BCUT2D eigenvalue weighted by Gasteiger charge is 2.15. The maximum absolute atomic E-state index is 12.4. The summed E-state index contributed by atoms with van der Waals surface area (Å²) in [5.41, 5.74) is 2.47. The summed E-state index contributed by atoms with van der Waals surface area (Å²) in [6.07, 6.45) is 0. The number of hydrogen-bond acceptors (Lipinski definition) is 3. The molecule has 0 atom stereocenters. The Labute approximate surface area is 165 Å². The normalized spacial score (nSPS) is 11.6. The van der Waals surface area contributed by atoms with Gasteiger partial charge in [0.15, 0.2) is 5.96 Å². The Hall–Kier alpha value is -2.08. The summed E-state index contributed by atoms with van der Waals surface area (Å²) in [5.74, 6) is 0.881. The summed E-state index contributed by atoms with van der Waals surface area (Å²) in [5, 5.41) is 3.29. The van der Waals surface area contributed by atoms with Gasteiger partial charge in [-0.3, -0.25) is 4.79 Å². The quantitative estimate of drug-likeness (QED) is 0.504. The van der Waals surface area contributed by atoms with E-state index >= 15 is 0 Å². The minimum Gasteiger partial charge on any atom is -0.357 e. The van der Waals surface area contributed by atoms with Crippen molar-refractivity contribution < 1.29 is 4.79 Å². The molecule has 0 aliphatic heterocycles. The number of carbonyl (C=O) groups excluding carboxylic acids is 1. The van der Waals surface area contributed by atoms with Gasteiger partial charge in [-0.15, -0.1) is 0 Å². The summed E-state index contributed by atoms with van der Waals surface area (Å²) in [4.78, 5) is 23.1. The van der Waals surface area contributed by atoms with Crippen LogP contribution in [0.5, 0.6) is 0 Å². The standard InChI is InChI=1S/C21H37N5O/c1-7-22-21(25(6)17-20(27)26(9-3)10-4)23-15-18-12-11-13-19(14-18)16-24(5)8-2/h11-14H,7-10,15-17H2,1-6H3,(H,22,23). The van der Waals surface area contributed by atoms with Crippen LogP contribution in [0.4, 0.5) is 0 Å². The molecule has 0 fully saturated rings. The van der Waals surface area contributed by atoms with E-state index in [0.717, 1.165) is 38.7 Å². The summed E-state index contributed by atoms with van der Waals surface area (Å²) in [7, 11) is 4.03. The molecule has 0 unspecified atom stereocenters. The van der Waals surface area contributed by atoms with Crippen molar-refractivity contribution in [2.24, 2.45) is 4.99 Å². The van der Waals surface area contributed by atoms with Crippen molar-refractivity contribution in [3.8, 4) is 0 Å². The maximum atomic E-state index is 12.4. The molecule has 0 saturated carbocycles. The Kier molecular flexibility index (Phi) is 10.5. The van der Waals surface area contributed by atoms with Gasteiger partial charge in [0.05, 0.1) is 13.1 Å². The van der Waals surface area contributed by atoms with E-state index in [9.17, 15) is 4.79 Å². The van der Waals surface area contributed by atoms with E-state index < -0.39 is 0 Å². The SMILES string of the molecule is CCNC(=NCc1cccc(CN(C)CC)c1)N(C)CC(=O)N(CC)CC. The van der Waals surface area contributed by atoms with Crippen molar-refractivity contribution >= 4 is 11.9 Å². The average molecular weight is 376 g/mol. The number of rotatable bonds is 10. The zero-order chi connectivity index (χ0) is 20.2. The maximum Gasteiger partial charge on any atom is 0.242 e. The van der Waals surface area contributed by atoms with Gasteiger partial charge in [-0.25, -0.2) is 4.99 Å². The van der Waals surface area contributed by atoms with Gasteiger partial charge in [0, 0.05) is 33.2 Å². The van der Waals surface area contributed by atoms with Crippen LogP contribution in [0.2, 0.25) is 0 Å². The smallest absolute Gasteiger partial charge is 0.242 e. The summed E-state index contributed by atoms with van der Waals surface area (Å²) >= 11 is 0. The van der Waals surface area contributed by atoms with Crippen LogP contribution in [0.15, 0.2) is 29.3 Å². The molecular weight excluding hydrogens is 338 g/mol. The van der Waals surface area contributed by atoms with Gasteiger partial charge >= 0.3 is 0 Å². The minimum absolute atomic E-state index is 0.123. The topological polar surface area (TPSA) is 51.2 Å². The van der Waals surface area contributed by atoms with Crippen LogP contribution >= 0.6 is 0 Å². The van der Waals surface area contributed by atoms with Gasteiger partial charge < -0.3 is 20.0 Å². The number of likely N-dealkylation sites (N-methyl/N-ethyl adjacent to an activating group) is 2. The van der Waals surface area contributed by atoms with Gasteiger partial charge in [-0.05, 0) is 45.5 Å². The van der Waals surface area contributed by atoms with Crippen molar-refractivity contribution in [2.45, 2.75) is 40.8 Å². The average Bonchev–Trinajstić information content (AvgIpc) is 2.66. The van der Waals surface area contributed by atoms with Gasteiger partial charge in [0.2, 0.25) is 5.91 Å². The third-order valence-corrected chi connectivity index (χ3v) is 4.58. The Balaban J connectivity index is 2.80. The Morgan fingerprint density at radius 3 is 2.30 bits per heavy atom. The molecule has 27 heavy (non-hydrogen) atoms. The largest absolute Gasteiger partial charge is 0.357 e. The molecule has 152 valence electrons. The molecule has 0 saturated heterocycles. The Morgan fingerprint density at radius 1 is 1.04 bits per heavy atom. The zero-order valence-corrected chi connectivity index (χ0v) is 18.0. The molecule has 1 rings (SSSR count). The molecule has 6 nitrogen and oxygen atoms in total. The second-order valence-electron chi connectivity index (χ2n) is 6.74. The number of carbonyl (C=O) groups is 1. The Bertz CT molecular complexity index is 598. The predicted octanol–water partition coefficient (Wildman–Crippen LogP) is 2.40. The predicted molar refractivity (Wildman–Crippen MR) is 114 cm³/mol. The lowest BCUT2D eigenvalue weighted by atomic mass is 10.1. The molecule has 1 amide bonds. The number of hydrogen-bond donors (Lipinski definition) is 1. The second kappa shape index (κ2) is 12.3. The van der Waals surface area contributed by atoms with E-state index in [1.54, 1.807) is 0 Å². The number of amides is 1. The van der Waals surface area contributed by atoms with Crippen molar-refractivity contribution in [1.29, 1.82) is 0 Å². The highest BCUT2D eigenvalue weighted by molar-refractivity contribution is 5.86. The molecule has 0 radical (unpaired) electrons. The van der Waals surface area contributed by atoms with Crippen LogP contribution in [0.3, 0.4) is 0 Å². The summed E-state index contributed by atoms with van der Waals surface area (Å²) < 4.78 is 0. The first-order chi connectivity index (χ1) is 12.9. The van der Waals surface area contributed by atoms with Crippen LogP contribution in [0, 0.1) is 0 Å². The molecule has 1 aromatic carbocycles. The van der Waals surface area contributed by atoms with E-state index in [-0.39, 0.29) is 5.91 Å². The highest BCUT2D eigenvalue weighted by Crippen LogP contribution is 2.09. The number of nitrogens with zero attached hydrogens (tertiary/aromatic N) is 4. The van der Waals surface area contributed by atoms with Crippen molar-refractivity contribution in [3.63, 3.8) is 0 Å². The van der Waals surface area contributed by atoms with E-state index in [1.807, 2.05) is 37.6 Å². The minimum atomic E-state index is 0.123. The fraction of sp³-hybridized carbons (Fsp3) is 0.619. The van der Waals surface area contributed by atoms with Crippen LogP contribution in [-0.2, 0) is 17.9 Å². The molecule has 0 heterocycles. The molecule has 1 N–H and O–H groups in total. The van der Waals surface area contributed by atoms with Gasteiger partial charge in [-0.1, -0.05) is 31.2 Å². The molecule has 0 spiro atoms. The third kappa shape index (κ3) is 7.99. The van der Waals surface area contributed by atoms with Gasteiger partial charge in [-0.2, -0.15) is 0 Å². The van der Waals surface area contributed by atoms with Crippen LogP contribution in [0.25, 0.3) is 0 Å². The van der Waals surface area contributed by atoms with Crippen molar-refractivity contribution in [2.75, 3.05) is 46.8 Å². The lowest BCUT2D eigenvalue weighted by molar-refractivity contribution is -0.131. The van der Waals surface area contributed by atoms with E-state index in [0.29, 0.717) is 13.1 Å². The molecule has 0 bridgehead atoms. The second-order valence-corrected chi connectivity index (χ2v) is 6.74. The third-order valence-electron chi connectivity index (χ3n) is 4.58. The fourth-order valence-electron chi connectivity index (χ4n) is 2.84. The molecular formula is C21H37N5O. The van der Waals surface area contributed by atoms with Gasteiger partial charge in [0.25, 0.3) is 0 Å². The first-order valence-corrected chi connectivity index (χ1v) is 9.98. The number of aliphatic imine (C=N–C) groups is 1. The summed E-state index contributed by atoms with van der Waals surface area (Å²) in [6, 6.07) is 8.55. The van der Waals surface area contributed by atoms with Crippen LogP contribution in [0.1, 0.15) is 38.8 Å². The number of guanidine groups is 1. The van der Waals surface area contributed by atoms with E-state index in [1.165, 1.54) is 11.1 Å². The van der Waals surface area contributed by atoms with Crippen LogP contribution < -0.4 is 5.32 Å². The lowest BCUT2D eigenvalue weighted by Crippen LogP contribution is -2.45. The lowest BCUT2D eigenvalue weighted by Gasteiger charge is -2.25. The molecule has 0 aliphatic rings. The fourth-order valence-corrected chi connectivity index (χ4v) is 2.84. The molecule has 0 aliphatic carbocycles. The number of nitrogens with one attached hydrogen (secondary N) is 1. The first-order valence-electron chi connectivity index (χ1n) is 9.98. The van der Waals surface area contributed by atoms with Crippen molar-refractivity contribution in [3.05, 3.63) is 35.4 Å². The van der Waals surface area contributed by atoms with Gasteiger partial charge in [0.1, 0.15) is 0 Å². The highest BCUT2D eigenvalue weighted by atomic mass is 16.2. The number of benzene rings is 1. The summed E-state index contributed by atoms with van der Waals surface area (Å²) in [6.45, 7) is 13.3. The zero-order valence-electron chi connectivity index (χ0n) is 18.0. The molecule has 0 aromatic heterocycles. The molecule has 1 aromatic rings. The van der Waals surface area contributed by atoms with Crippen LogP contribution in [-0.4, -0.2) is 73.4 Å². The first kappa shape index (κ1) is 23.0. The Morgan fingerprint density at radius 2 is 1.70 bits per heavy atom.